The summed E-state index contributed by atoms with van der Waals surface area (Å²) in [6.07, 6.45) is 1.81. The van der Waals surface area contributed by atoms with Gasteiger partial charge in [-0.15, -0.1) is 0 Å². The van der Waals surface area contributed by atoms with Crippen LogP contribution < -0.4 is 9.04 Å². The van der Waals surface area contributed by atoms with Crippen molar-refractivity contribution in [1.29, 1.82) is 0 Å². The van der Waals surface area contributed by atoms with Gasteiger partial charge in [-0.3, -0.25) is 4.79 Å². The lowest BCUT2D eigenvalue weighted by molar-refractivity contribution is -0.154. The second-order valence-electron chi connectivity index (χ2n) is 11.3. The van der Waals surface area contributed by atoms with E-state index in [2.05, 4.69) is 19.6 Å². The minimum Gasteiger partial charge on any atom is -0.493 e. The topological polar surface area (TPSA) is 96.4 Å². The lowest BCUT2D eigenvalue weighted by atomic mass is 10.1. The first kappa shape index (κ1) is 28.6. The number of benzene rings is 2. The highest BCUT2D eigenvalue weighted by Gasteiger charge is 2.39. The molecule has 1 aliphatic rings. The average Bonchev–Trinajstić information content (AvgIpc) is 3.01. The highest BCUT2D eigenvalue weighted by molar-refractivity contribution is 7.91. The van der Waals surface area contributed by atoms with Gasteiger partial charge in [-0.2, -0.15) is 8.42 Å². The Labute approximate surface area is 221 Å². The highest BCUT2D eigenvalue weighted by atomic mass is 32.2. The number of aliphatic hydroxyl groups is 1. The Balaban J connectivity index is 1.88. The summed E-state index contributed by atoms with van der Waals surface area (Å²) in [7, 11) is -5.57. The van der Waals surface area contributed by atoms with Gasteiger partial charge in [0.15, 0.2) is 0 Å². The Kier molecular flexibility index (Phi) is 8.64. The summed E-state index contributed by atoms with van der Waals surface area (Å²) in [5.74, 6) is -0.289. The average molecular weight is 547 g/mol. The number of rotatable bonds is 10. The Morgan fingerprint density at radius 3 is 2.32 bits per heavy atom. The SMILES string of the molecule is CC(C)(C)OC(=O)CCc1ccc(N2C=C(O)N(CC[Si](C)(C)C)S2(=O)=O)c(OCc2ccccc2)c1. The molecule has 0 amide bonds. The van der Waals surface area contributed by atoms with Crippen molar-refractivity contribution in [2.45, 2.75) is 71.5 Å². The number of anilines is 1. The van der Waals surface area contributed by atoms with E-state index in [1.54, 1.807) is 18.2 Å². The maximum atomic E-state index is 13.4. The van der Waals surface area contributed by atoms with E-state index in [1.165, 1.54) is 6.20 Å². The van der Waals surface area contributed by atoms with Crippen LogP contribution in [0.5, 0.6) is 5.75 Å². The van der Waals surface area contributed by atoms with Crippen LogP contribution >= 0.6 is 0 Å². The fourth-order valence-electron chi connectivity index (χ4n) is 3.71. The summed E-state index contributed by atoms with van der Waals surface area (Å²) < 4.78 is 40.4. The molecule has 0 saturated heterocycles. The fraction of sp³-hybridized carbons (Fsp3) is 0.444. The quantitative estimate of drug-likeness (QED) is 0.308. The van der Waals surface area contributed by atoms with Crippen LogP contribution in [0.25, 0.3) is 0 Å². The summed E-state index contributed by atoms with van der Waals surface area (Å²) in [6.45, 7) is 12.4. The van der Waals surface area contributed by atoms with Gasteiger partial charge in [-0.25, -0.2) is 8.61 Å². The molecule has 1 aliphatic heterocycles. The normalized spacial score (nSPS) is 15.5. The molecule has 0 aliphatic carbocycles. The third kappa shape index (κ3) is 8.00. The summed E-state index contributed by atoms with van der Waals surface area (Å²) in [5.41, 5.74) is 1.45. The highest BCUT2D eigenvalue weighted by Crippen LogP contribution is 2.37. The van der Waals surface area contributed by atoms with E-state index in [0.717, 1.165) is 19.7 Å². The molecule has 0 spiro atoms. The molecule has 8 nitrogen and oxygen atoms in total. The van der Waals surface area contributed by atoms with Crippen LogP contribution in [-0.4, -0.2) is 44.0 Å². The number of carbonyl (C=O) groups excluding carboxylic acids is 1. The van der Waals surface area contributed by atoms with E-state index in [1.807, 2.05) is 51.1 Å². The molecule has 1 N–H and O–H groups in total. The molecule has 0 aromatic heterocycles. The Bertz CT molecular complexity index is 1230. The number of aliphatic hydroxyl groups excluding tert-OH is 1. The zero-order valence-electron chi connectivity index (χ0n) is 22.5. The number of hydrogen-bond acceptors (Lipinski definition) is 6. The molecule has 0 unspecified atom stereocenters. The monoisotopic (exact) mass is 546 g/mol. The van der Waals surface area contributed by atoms with Crippen molar-refractivity contribution in [3.05, 3.63) is 71.7 Å². The van der Waals surface area contributed by atoms with Gasteiger partial charge >= 0.3 is 16.2 Å². The third-order valence-electron chi connectivity index (χ3n) is 5.62. The van der Waals surface area contributed by atoms with Crippen molar-refractivity contribution < 1.29 is 27.8 Å². The van der Waals surface area contributed by atoms with Crippen molar-refractivity contribution in [3.8, 4) is 5.75 Å². The van der Waals surface area contributed by atoms with Crippen molar-refractivity contribution in [3.63, 3.8) is 0 Å². The molecule has 3 rings (SSSR count). The predicted molar refractivity (Wildman–Crippen MR) is 148 cm³/mol. The summed E-state index contributed by atoms with van der Waals surface area (Å²) in [5, 5.41) is 10.5. The Morgan fingerprint density at radius 1 is 1.03 bits per heavy atom. The molecule has 2 aromatic carbocycles. The number of nitrogens with zero attached hydrogens (tertiary/aromatic N) is 2. The minimum atomic E-state index is -4.02. The molecule has 2 aromatic rings. The van der Waals surface area contributed by atoms with Gasteiger partial charge in [-0.05, 0) is 56.5 Å². The molecule has 10 heteroatoms. The Morgan fingerprint density at radius 2 is 1.70 bits per heavy atom. The number of aryl methyl sites for hydroxylation is 1. The molecule has 0 bridgehead atoms. The van der Waals surface area contributed by atoms with Crippen LogP contribution in [0.3, 0.4) is 0 Å². The van der Waals surface area contributed by atoms with Gasteiger partial charge in [0, 0.05) is 21.0 Å². The minimum absolute atomic E-state index is 0.182. The standard InChI is InChI=1S/C27H38N2O6SSi/c1-27(2,3)35-26(31)15-13-21-12-14-23(24(18-21)34-20-22-10-8-7-9-11-22)29-19-25(30)28(36(29,32)33)16-17-37(4,5)6/h7-12,14,18-19,30H,13,15-17,20H2,1-6H3. The number of hydrogen-bond donors (Lipinski definition) is 1. The van der Waals surface area contributed by atoms with E-state index in [-0.39, 0.29) is 31.4 Å². The van der Waals surface area contributed by atoms with E-state index in [9.17, 15) is 18.3 Å². The zero-order chi connectivity index (χ0) is 27.4. The molecular formula is C27H38N2O6SSi. The molecule has 0 radical (unpaired) electrons. The molecule has 202 valence electrons. The van der Waals surface area contributed by atoms with Gasteiger partial charge in [0.05, 0.1) is 6.20 Å². The molecule has 0 fully saturated rings. The number of carbonyl (C=O) groups is 1. The van der Waals surface area contributed by atoms with E-state index >= 15 is 0 Å². The van der Waals surface area contributed by atoms with Crippen LogP contribution in [0.1, 0.15) is 38.3 Å². The Hall–Kier alpha value is -2.98. The number of ether oxygens (including phenoxy) is 2. The van der Waals surface area contributed by atoms with Crippen LogP contribution in [0, 0.1) is 0 Å². The first-order valence-electron chi connectivity index (χ1n) is 12.4. The van der Waals surface area contributed by atoms with E-state index in [0.29, 0.717) is 23.9 Å². The van der Waals surface area contributed by atoms with Gasteiger partial charge in [0.2, 0.25) is 5.88 Å². The first-order valence-corrected chi connectivity index (χ1v) is 17.5. The maximum absolute atomic E-state index is 13.4. The van der Waals surface area contributed by atoms with E-state index in [4.69, 9.17) is 9.47 Å². The third-order valence-corrected chi connectivity index (χ3v) is 9.07. The fourth-order valence-corrected chi connectivity index (χ4v) is 6.21. The zero-order valence-corrected chi connectivity index (χ0v) is 24.3. The predicted octanol–water partition coefficient (Wildman–Crippen LogP) is 5.60. The summed E-state index contributed by atoms with van der Waals surface area (Å²) >= 11 is 0. The lowest BCUT2D eigenvalue weighted by Crippen LogP contribution is -2.37. The first-order chi connectivity index (χ1) is 17.2. The second-order valence-corrected chi connectivity index (χ2v) is 18.7. The maximum Gasteiger partial charge on any atom is 0.332 e. The van der Waals surface area contributed by atoms with E-state index < -0.39 is 23.9 Å². The smallest absolute Gasteiger partial charge is 0.332 e. The molecule has 37 heavy (non-hydrogen) atoms. The van der Waals surface area contributed by atoms with Crippen molar-refractivity contribution in [2.75, 3.05) is 10.8 Å². The van der Waals surface area contributed by atoms with Crippen molar-refractivity contribution in [1.82, 2.24) is 4.31 Å². The van der Waals surface area contributed by atoms with Crippen molar-refractivity contribution >= 4 is 29.9 Å². The molecular weight excluding hydrogens is 508 g/mol. The van der Waals surface area contributed by atoms with Gasteiger partial charge in [0.1, 0.15) is 23.6 Å². The molecule has 0 saturated carbocycles. The van der Waals surface area contributed by atoms with Gasteiger partial charge in [0.25, 0.3) is 0 Å². The molecule has 0 atom stereocenters. The van der Waals surface area contributed by atoms with Crippen LogP contribution in [0.4, 0.5) is 5.69 Å². The van der Waals surface area contributed by atoms with Gasteiger partial charge in [-0.1, -0.05) is 56.0 Å². The lowest BCUT2D eigenvalue weighted by Gasteiger charge is -2.25. The largest absolute Gasteiger partial charge is 0.493 e. The summed E-state index contributed by atoms with van der Waals surface area (Å²) in [6, 6.07) is 15.4. The molecule has 1 heterocycles. The second kappa shape index (κ2) is 11.2. The summed E-state index contributed by atoms with van der Waals surface area (Å²) in [4.78, 5) is 12.2. The van der Waals surface area contributed by atoms with Crippen LogP contribution in [-0.2, 0) is 32.8 Å². The number of esters is 1. The van der Waals surface area contributed by atoms with Gasteiger partial charge < -0.3 is 14.6 Å². The van der Waals surface area contributed by atoms with Crippen LogP contribution in [0.2, 0.25) is 25.7 Å². The van der Waals surface area contributed by atoms with Crippen LogP contribution in [0.15, 0.2) is 60.6 Å². The van der Waals surface area contributed by atoms with Crippen molar-refractivity contribution in [2.24, 2.45) is 0 Å².